The molecule has 0 aromatic heterocycles. The van der Waals surface area contributed by atoms with Gasteiger partial charge in [-0.3, -0.25) is 0 Å². The van der Waals surface area contributed by atoms with E-state index in [-0.39, 0.29) is 18.0 Å². The summed E-state index contributed by atoms with van der Waals surface area (Å²) in [6, 6.07) is 7.90. The number of thioether (sulfide) groups is 1. The molecule has 0 amide bonds. The number of aliphatic hydroxyl groups excluding tert-OH is 2. The second-order valence-corrected chi connectivity index (χ2v) is 5.24. The van der Waals surface area contributed by atoms with Crippen LogP contribution >= 0.6 is 11.8 Å². The highest BCUT2D eigenvalue weighted by Crippen LogP contribution is 2.21. The molecule has 0 aliphatic heterocycles. The zero-order valence-electron chi connectivity index (χ0n) is 10.2. The quantitative estimate of drug-likeness (QED) is 0.803. The van der Waals surface area contributed by atoms with Gasteiger partial charge in [-0.25, -0.2) is 0 Å². The Kier molecular flexibility index (Phi) is 6.13. The number of hydrogen-bond acceptors (Lipinski definition) is 3. The van der Waals surface area contributed by atoms with Crippen LogP contribution in [-0.2, 0) is 5.75 Å². The van der Waals surface area contributed by atoms with Gasteiger partial charge in [0.15, 0.2) is 0 Å². The van der Waals surface area contributed by atoms with E-state index in [0.29, 0.717) is 0 Å². The zero-order valence-corrected chi connectivity index (χ0v) is 11.0. The Bertz CT molecular complexity index is 404. The van der Waals surface area contributed by atoms with Crippen LogP contribution in [0.15, 0.2) is 24.3 Å². The van der Waals surface area contributed by atoms with Gasteiger partial charge in [0.2, 0.25) is 0 Å². The van der Waals surface area contributed by atoms with Crippen molar-refractivity contribution in [3.05, 3.63) is 35.4 Å². The summed E-state index contributed by atoms with van der Waals surface area (Å²) in [7, 11) is 0. The van der Waals surface area contributed by atoms with Gasteiger partial charge in [0.1, 0.15) is 6.61 Å². The molecule has 3 heteroatoms. The SMILES string of the molecule is CC(O)C(C)SCc1ccccc1C#CCO. The second kappa shape index (κ2) is 7.39. The van der Waals surface area contributed by atoms with Gasteiger partial charge in [0.25, 0.3) is 0 Å². The summed E-state index contributed by atoms with van der Waals surface area (Å²) < 4.78 is 0. The van der Waals surface area contributed by atoms with Gasteiger partial charge in [-0.15, -0.1) is 0 Å². The lowest BCUT2D eigenvalue weighted by Crippen LogP contribution is -2.15. The smallest absolute Gasteiger partial charge is 0.104 e. The Balaban J connectivity index is 2.70. The molecule has 1 aromatic rings. The van der Waals surface area contributed by atoms with Crippen molar-refractivity contribution in [2.24, 2.45) is 0 Å². The van der Waals surface area contributed by atoms with Crippen molar-refractivity contribution in [2.75, 3.05) is 6.61 Å². The summed E-state index contributed by atoms with van der Waals surface area (Å²) in [5.41, 5.74) is 2.10. The Hall–Kier alpha value is -0.950. The van der Waals surface area contributed by atoms with Gasteiger partial charge >= 0.3 is 0 Å². The van der Waals surface area contributed by atoms with Crippen LogP contribution < -0.4 is 0 Å². The third-order valence-corrected chi connectivity index (χ3v) is 3.90. The predicted octanol–water partition coefficient (Wildman–Crippen LogP) is 2.03. The van der Waals surface area contributed by atoms with E-state index in [1.54, 1.807) is 18.7 Å². The number of hydrogen-bond donors (Lipinski definition) is 2. The molecular weight excluding hydrogens is 232 g/mol. The topological polar surface area (TPSA) is 40.5 Å². The van der Waals surface area contributed by atoms with Crippen molar-refractivity contribution in [1.82, 2.24) is 0 Å². The molecule has 2 N–H and O–H groups in total. The zero-order chi connectivity index (χ0) is 12.7. The van der Waals surface area contributed by atoms with Gasteiger partial charge in [-0.05, 0) is 18.6 Å². The Morgan fingerprint density at radius 2 is 2.00 bits per heavy atom. The summed E-state index contributed by atoms with van der Waals surface area (Å²) in [4.78, 5) is 0. The fraction of sp³-hybridized carbons (Fsp3) is 0.429. The second-order valence-electron chi connectivity index (χ2n) is 3.87. The van der Waals surface area contributed by atoms with Crippen LogP contribution in [0.5, 0.6) is 0 Å². The van der Waals surface area contributed by atoms with Crippen molar-refractivity contribution >= 4 is 11.8 Å². The lowest BCUT2D eigenvalue weighted by molar-refractivity contribution is 0.196. The van der Waals surface area contributed by atoms with Crippen LogP contribution in [0.1, 0.15) is 25.0 Å². The van der Waals surface area contributed by atoms with Crippen molar-refractivity contribution in [1.29, 1.82) is 0 Å². The molecule has 0 fully saturated rings. The van der Waals surface area contributed by atoms with Crippen molar-refractivity contribution in [3.63, 3.8) is 0 Å². The maximum atomic E-state index is 9.43. The first-order chi connectivity index (χ1) is 8.15. The fourth-order valence-corrected chi connectivity index (χ4v) is 2.24. The minimum Gasteiger partial charge on any atom is -0.392 e. The van der Waals surface area contributed by atoms with Gasteiger partial charge in [0.05, 0.1) is 6.10 Å². The third-order valence-electron chi connectivity index (χ3n) is 2.50. The van der Waals surface area contributed by atoms with E-state index in [9.17, 15) is 5.11 Å². The first-order valence-electron chi connectivity index (χ1n) is 5.62. The summed E-state index contributed by atoms with van der Waals surface area (Å²) in [6.07, 6.45) is -0.310. The van der Waals surface area contributed by atoms with E-state index < -0.39 is 0 Å². The normalized spacial score (nSPS) is 13.6. The average molecular weight is 250 g/mol. The van der Waals surface area contributed by atoms with Crippen LogP contribution in [0.3, 0.4) is 0 Å². The lowest BCUT2D eigenvalue weighted by Gasteiger charge is -2.14. The summed E-state index contributed by atoms with van der Waals surface area (Å²) in [5, 5.41) is 18.3. The van der Waals surface area contributed by atoms with Crippen molar-refractivity contribution in [2.45, 2.75) is 31.0 Å². The minimum atomic E-state index is -0.310. The Labute approximate surface area is 107 Å². The van der Waals surface area contributed by atoms with Crippen LogP contribution in [0, 0.1) is 11.8 Å². The molecule has 0 bridgehead atoms. The van der Waals surface area contributed by atoms with Crippen molar-refractivity contribution in [3.8, 4) is 11.8 Å². The number of benzene rings is 1. The first-order valence-corrected chi connectivity index (χ1v) is 6.67. The van der Waals surface area contributed by atoms with E-state index in [1.807, 2.05) is 31.2 Å². The first kappa shape index (κ1) is 14.1. The molecule has 0 saturated carbocycles. The molecule has 0 heterocycles. The Morgan fingerprint density at radius 3 is 2.65 bits per heavy atom. The molecule has 0 aliphatic carbocycles. The third kappa shape index (κ3) is 4.82. The number of aliphatic hydroxyl groups is 2. The molecule has 1 rings (SSSR count). The average Bonchev–Trinajstić information content (AvgIpc) is 2.34. The molecule has 0 saturated heterocycles. The molecule has 0 spiro atoms. The van der Waals surface area contributed by atoms with Gasteiger partial charge < -0.3 is 10.2 Å². The lowest BCUT2D eigenvalue weighted by atomic mass is 10.1. The standard InChI is InChI=1S/C14H18O2S/c1-11(16)12(2)17-10-14-7-4-3-6-13(14)8-5-9-15/h3-4,6-7,11-12,15-16H,9-10H2,1-2H3. The molecule has 92 valence electrons. The van der Waals surface area contributed by atoms with Gasteiger partial charge in [-0.2, -0.15) is 11.8 Å². The molecule has 0 radical (unpaired) electrons. The van der Waals surface area contributed by atoms with E-state index in [4.69, 9.17) is 5.11 Å². The maximum Gasteiger partial charge on any atom is 0.104 e. The highest BCUT2D eigenvalue weighted by atomic mass is 32.2. The molecule has 2 atom stereocenters. The van der Waals surface area contributed by atoms with Crippen LogP contribution in [0.4, 0.5) is 0 Å². The Morgan fingerprint density at radius 1 is 1.29 bits per heavy atom. The van der Waals surface area contributed by atoms with Gasteiger partial charge in [-0.1, -0.05) is 37.0 Å². The van der Waals surface area contributed by atoms with E-state index >= 15 is 0 Å². The molecule has 2 nitrogen and oxygen atoms in total. The minimum absolute atomic E-state index is 0.119. The van der Waals surface area contributed by atoms with E-state index in [0.717, 1.165) is 16.9 Å². The van der Waals surface area contributed by atoms with Crippen LogP contribution in [-0.4, -0.2) is 28.2 Å². The molecule has 1 aromatic carbocycles. The fourth-order valence-electron chi connectivity index (χ4n) is 1.26. The number of rotatable bonds is 4. The van der Waals surface area contributed by atoms with Gasteiger partial charge in [0, 0.05) is 16.6 Å². The van der Waals surface area contributed by atoms with Crippen molar-refractivity contribution < 1.29 is 10.2 Å². The van der Waals surface area contributed by atoms with Crippen LogP contribution in [0.2, 0.25) is 0 Å². The summed E-state index contributed by atoms with van der Waals surface area (Å²) in [6.45, 7) is 3.69. The monoisotopic (exact) mass is 250 g/mol. The largest absolute Gasteiger partial charge is 0.392 e. The summed E-state index contributed by atoms with van der Waals surface area (Å²) >= 11 is 1.70. The van der Waals surface area contributed by atoms with E-state index in [2.05, 4.69) is 11.8 Å². The highest BCUT2D eigenvalue weighted by Gasteiger charge is 2.10. The molecule has 2 unspecified atom stereocenters. The molecule has 0 aliphatic rings. The van der Waals surface area contributed by atoms with E-state index in [1.165, 1.54) is 0 Å². The highest BCUT2D eigenvalue weighted by molar-refractivity contribution is 7.99. The van der Waals surface area contributed by atoms with Crippen LogP contribution in [0.25, 0.3) is 0 Å². The molecular formula is C14H18O2S. The summed E-state index contributed by atoms with van der Waals surface area (Å²) in [5.74, 6) is 6.42. The predicted molar refractivity (Wildman–Crippen MR) is 72.8 cm³/mol. The molecule has 17 heavy (non-hydrogen) atoms. The maximum absolute atomic E-state index is 9.43.